The van der Waals surface area contributed by atoms with E-state index in [4.69, 9.17) is 4.74 Å². The fourth-order valence-corrected chi connectivity index (χ4v) is 3.17. The van der Waals surface area contributed by atoms with E-state index in [0.717, 1.165) is 25.0 Å². The van der Waals surface area contributed by atoms with Crippen molar-refractivity contribution in [1.29, 1.82) is 0 Å². The highest BCUT2D eigenvalue weighted by Gasteiger charge is 2.51. The molecule has 1 aliphatic heterocycles. The molecule has 0 aromatic rings. The highest BCUT2D eigenvalue weighted by atomic mass is 16.5. The summed E-state index contributed by atoms with van der Waals surface area (Å²) in [6, 6.07) is 0. The zero-order chi connectivity index (χ0) is 8.89. The Morgan fingerprint density at radius 2 is 2.23 bits per heavy atom. The summed E-state index contributed by atoms with van der Waals surface area (Å²) in [4.78, 5) is 0. The van der Waals surface area contributed by atoms with E-state index < -0.39 is 0 Å². The van der Waals surface area contributed by atoms with Gasteiger partial charge in [-0.2, -0.15) is 0 Å². The van der Waals surface area contributed by atoms with Gasteiger partial charge in [0.25, 0.3) is 0 Å². The van der Waals surface area contributed by atoms with Crippen LogP contribution in [0.1, 0.15) is 13.3 Å². The van der Waals surface area contributed by atoms with Crippen LogP contribution in [0.4, 0.5) is 0 Å². The minimum Gasteiger partial charge on any atom is -0.380 e. The molecule has 0 unspecified atom stereocenters. The van der Waals surface area contributed by atoms with Crippen molar-refractivity contribution < 1.29 is 4.74 Å². The Morgan fingerprint density at radius 3 is 3.00 bits per heavy atom. The third kappa shape index (κ3) is 0.859. The number of allylic oxidation sites excluding steroid dienone is 3. The first-order valence-electron chi connectivity index (χ1n) is 5.28. The molecule has 3 rings (SSSR count). The maximum atomic E-state index is 5.63. The van der Waals surface area contributed by atoms with Crippen molar-refractivity contribution in [2.45, 2.75) is 13.3 Å². The van der Waals surface area contributed by atoms with E-state index in [0.29, 0.717) is 11.3 Å². The zero-order valence-corrected chi connectivity index (χ0v) is 8.07. The van der Waals surface area contributed by atoms with Gasteiger partial charge in [0.05, 0.1) is 6.61 Å². The van der Waals surface area contributed by atoms with Crippen LogP contribution >= 0.6 is 0 Å². The van der Waals surface area contributed by atoms with E-state index >= 15 is 0 Å². The van der Waals surface area contributed by atoms with Crippen LogP contribution in [0.3, 0.4) is 0 Å². The molecule has 1 spiro atoms. The van der Waals surface area contributed by atoms with Crippen LogP contribution in [0.5, 0.6) is 0 Å². The van der Waals surface area contributed by atoms with E-state index in [1.807, 2.05) is 0 Å². The molecule has 0 N–H and O–H groups in total. The van der Waals surface area contributed by atoms with Crippen molar-refractivity contribution in [2.24, 2.45) is 23.2 Å². The van der Waals surface area contributed by atoms with Crippen LogP contribution in [-0.2, 0) is 4.74 Å². The van der Waals surface area contributed by atoms with Crippen LogP contribution in [0, 0.1) is 23.2 Å². The van der Waals surface area contributed by atoms with Crippen molar-refractivity contribution in [1.82, 2.24) is 0 Å². The standard InChI is InChI=1S/C12H16O/c1-9-2-3-10-5-7-13-8-12(10)6-4-11(9)12/h2-4,6,9-11H,5,7-8H2,1H3/t9-,10-,11-,12-/m1/s1. The van der Waals surface area contributed by atoms with Gasteiger partial charge in [0.2, 0.25) is 0 Å². The molecule has 0 radical (unpaired) electrons. The van der Waals surface area contributed by atoms with Gasteiger partial charge >= 0.3 is 0 Å². The van der Waals surface area contributed by atoms with Crippen molar-refractivity contribution in [3.05, 3.63) is 24.3 Å². The minimum absolute atomic E-state index is 0.395. The SMILES string of the molecule is C[C@@H]1C=C[C@@H]2CCOC[C@]23C=C[C@H]13. The first kappa shape index (κ1) is 7.81. The van der Waals surface area contributed by atoms with Crippen molar-refractivity contribution in [3.8, 4) is 0 Å². The second-order valence-corrected chi connectivity index (χ2v) is 4.69. The van der Waals surface area contributed by atoms with Crippen LogP contribution in [0.25, 0.3) is 0 Å². The van der Waals surface area contributed by atoms with E-state index in [1.54, 1.807) is 0 Å². The van der Waals surface area contributed by atoms with Gasteiger partial charge in [0.1, 0.15) is 0 Å². The zero-order valence-electron chi connectivity index (χ0n) is 8.07. The van der Waals surface area contributed by atoms with E-state index in [9.17, 15) is 0 Å². The van der Waals surface area contributed by atoms with E-state index in [2.05, 4.69) is 31.2 Å². The van der Waals surface area contributed by atoms with Gasteiger partial charge < -0.3 is 4.74 Å². The molecule has 0 bridgehead atoms. The second-order valence-electron chi connectivity index (χ2n) is 4.69. The molecule has 0 amide bonds. The lowest BCUT2D eigenvalue weighted by molar-refractivity contribution is -0.0562. The summed E-state index contributed by atoms with van der Waals surface area (Å²) < 4.78 is 5.63. The largest absolute Gasteiger partial charge is 0.380 e. The fourth-order valence-electron chi connectivity index (χ4n) is 3.17. The molecule has 0 saturated carbocycles. The van der Waals surface area contributed by atoms with Crippen LogP contribution in [0.15, 0.2) is 24.3 Å². The molecule has 1 saturated heterocycles. The Bertz CT molecular complexity index is 279. The first-order chi connectivity index (χ1) is 6.33. The number of rotatable bonds is 0. The maximum Gasteiger partial charge on any atom is 0.0568 e. The molecule has 1 heterocycles. The molecule has 0 aromatic heterocycles. The Balaban J connectivity index is 1.99. The van der Waals surface area contributed by atoms with Crippen molar-refractivity contribution in [3.63, 3.8) is 0 Å². The number of hydrogen-bond acceptors (Lipinski definition) is 1. The van der Waals surface area contributed by atoms with Gasteiger partial charge in [-0.15, -0.1) is 0 Å². The summed E-state index contributed by atoms with van der Waals surface area (Å²) in [5.74, 6) is 2.22. The van der Waals surface area contributed by atoms with Gasteiger partial charge in [0, 0.05) is 12.0 Å². The first-order valence-corrected chi connectivity index (χ1v) is 5.28. The third-order valence-electron chi connectivity index (χ3n) is 4.06. The summed E-state index contributed by atoms with van der Waals surface area (Å²) >= 11 is 0. The van der Waals surface area contributed by atoms with E-state index in [-0.39, 0.29) is 0 Å². The molecule has 13 heavy (non-hydrogen) atoms. The highest BCUT2D eigenvalue weighted by molar-refractivity contribution is 5.29. The predicted octanol–water partition coefficient (Wildman–Crippen LogP) is 2.40. The fraction of sp³-hybridized carbons (Fsp3) is 0.667. The molecular formula is C12H16O. The smallest absolute Gasteiger partial charge is 0.0568 e. The molecule has 0 aromatic carbocycles. The van der Waals surface area contributed by atoms with Gasteiger partial charge in [-0.25, -0.2) is 0 Å². The molecule has 70 valence electrons. The summed E-state index contributed by atoms with van der Waals surface area (Å²) in [6.07, 6.45) is 10.8. The third-order valence-corrected chi connectivity index (χ3v) is 4.06. The second kappa shape index (κ2) is 2.48. The molecule has 2 aliphatic carbocycles. The Morgan fingerprint density at radius 1 is 1.31 bits per heavy atom. The Kier molecular flexibility index (Phi) is 1.49. The van der Waals surface area contributed by atoms with Gasteiger partial charge in [0.15, 0.2) is 0 Å². The van der Waals surface area contributed by atoms with Crippen molar-refractivity contribution in [2.75, 3.05) is 13.2 Å². The molecule has 4 atom stereocenters. The Hall–Kier alpha value is -0.560. The molecular weight excluding hydrogens is 160 g/mol. The topological polar surface area (TPSA) is 9.23 Å². The molecule has 1 fully saturated rings. The van der Waals surface area contributed by atoms with Gasteiger partial charge in [-0.1, -0.05) is 31.2 Å². The van der Waals surface area contributed by atoms with Crippen molar-refractivity contribution >= 4 is 0 Å². The monoisotopic (exact) mass is 176 g/mol. The number of hydrogen-bond donors (Lipinski definition) is 0. The van der Waals surface area contributed by atoms with Crippen LogP contribution in [0.2, 0.25) is 0 Å². The van der Waals surface area contributed by atoms with Crippen LogP contribution < -0.4 is 0 Å². The molecule has 1 nitrogen and oxygen atoms in total. The van der Waals surface area contributed by atoms with Gasteiger partial charge in [-0.3, -0.25) is 0 Å². The van der Waals surface area contributed by atoms with E-state index in [1.165, 1.54) is 6.42 Å². The molecule has 1 heteroatoms. The lowest BCUT2D eigenvalue weighted by Crippen LogP contribution is -2.51. The molecule has 3 aliphatic rings. The maximum absolute atomic E-state index is 5.63. The van der Waals surface area contributed by atoms with Gasteiger partial charge in [-0.05, 0) is 24.2 Å². The average molecular weight is 176 g/mol. The highest BCUT2D eigenvalue weighted by Crippen LogP contribution is 2.55. The lowest BCUT2D eigenvalue weighted by Gasteiger charge is -2.54. The summed E-state index contributed by atoms with van der Waals surface area (Å²) in [6.45, 7) is 4.22. The van der Waals surface area contributed by atoms with Crippen LogP contribution in [-0.4, -0.2) is 13.2 Å². The predicted molar refractivity (Wildman–Crippen MR) is 52.3 cm³/mol. The summed E-state index contributed by atoms with van der Waals surface area (Å²) in [7, 11) is 0. The quantitative estimate of drug-likeness (QED) is 0.515. The normalized spacial score (nSPS) is 52.2. The Labute approximate surface area is 79.5 Å². The minimum atomic E-state index is 0.395. The number of ether oxygens (including phenoxy) is 1. The summed E-state index contributed by atoms with van der Waals surface area (Å²) in [5.41, 5.74) is 0.395. The lowest BCUT2D eigenvalue weighted by atomic mass is 9.53. The average Bonchev–Trinajstić information content (AvgIpc) is 2.12. The summed E-state index contributed by atoms with van der Waals surface area (Å²) in [5, 5.41) is 0.